The SMILES string of the molecule is Cl.Cl.NCCNC(=O)C1CCCN(C(=O)c2cnc(-c3ccccc3F)s2)C1. The molecule has 3 rings (SSSR count). The van der Waals surface area contributed by atoms with Crippen molar-refractivity contribution in [1.29, 1.82) is 0 Å². The number of halogens is 3. The van der Waals surface area contributed by atoms with E-state index in [9.17, 15) is 14.0 Å². The molecule has 2 aromatic rings. The highest BCUT2D eigenvalue weighted by atomic mass is 35.5. The number of thiazole rings is 1. The molecule has 1 fully saturated rings. The van der Waals surface area contributed by atoms with E-state index in [1.807, 2.05) is 0 Å². The van der Waals surface area contributed by atoms with Crippen LogP contribution in [0.5, 0.6) is 0 Å². The van der Waals surface area contributed by atoms with E-state index in [0.717, 1.165) is 12.8 Å². The number of rotatable bonds is 5. The van der Waals surface area contributed by atoms with Crippen molar-refractivity contribution in [2.24, 2.45) is 11.7 Å². The number of carbonyl (C=O) groups is 2. The zero-order chi connectivity index (χ0) is 18.5. The van der Waals surface area contributed by atoms with Gasteiger partial charge in [-0.25, -0.2) is 9.37 Å². The maximum atomic E-state index is 13.9. The normalized spacial score (nSPS) is 15.9. The summed E-state index contributed by atoms with van der Waals surface area (Å²) in [6.45, 7) is 1.81. The molecular formula is C18H23Cl2FN4O2S. The third-order valence-corrected chi connectivity index (χ3v) is 5.36. The van der Waals surface area contributed by atoms with Crippen molar-refractivity contribution >= 4 is 48.0 Å². The predicted octanol–water partition coefficient (Wildman–Crippen LogP) is 2.72. The molecule has 1 unspecified atom stereocenters. The molecular weight excluding hydrogens is 426 g/mol. The van der Waals surface area contributed by atoms with Gasteiger partial charge in [-0.2, -0.15) is 0 Å². The van der Waals surface area contributed by atoms with Gasteiger partial charge in [-0.15, -0.1) is 36.2 Å². The van der Waals surface area contributed by atoms with E-state index in [2.05, 4.69) is 10.3 Å². The molecule has 0 bridgehead atoms. The first-order valence-electron chi connectivity index (χ1n) is 8.58. The number of nitrogens with two attached hydrogens (primary N) is 1. The van der Waals surface area contributed by atoms with Gasteiger partial charge in [0, 0.05) is 31.7 Å². The molecule has 0 saturated carbocycles. The van der Waals surface area contributed by atoms with Crippen LogP contribution < -0.4 is 11.1 Å². The number of likely N-dealkylation sites (tertiary alicyclic amines) is 1. The number of nitrogens with zero attached hydrogens (tertiary/aromatic N) is 2. The molecule has 0 spiro atoms. The number of nitrogens with one attached hydrogen (secondary N) is 1. The Morgan fingerprint density at radius 3 is 2.79 bits per heavy atom. The Balaban J connectivity index is 0.00000196. The molecule has 2 heterocycles. The Morgan fingerprint density at radius 2 is 2.07 bits per heavy atom. The van der Waals surface area contributed by atoms with Gasteiger partial charge < -0.3 is 16.0 Å². The molecule has 2 amide bonds. The fraction of sp³-hybridized carbons (Fsp3) is 0.389. The van der Waals surface area contributed by atoms with Crippen molar-refractivity contribution < 1.29 is 14.0 Å². The molecule has 1 aromatic carbocycles. The molecule has 6 nitrogen and oxygen atoms in total. The summed E-state index contributed by atoms with van der Waals surface area (Å²) in [7, 11) is 0. The van der Waals surface area contributed by atoms with E-state index in [-0.39, 0.29) is 48.4 Å². The van der Waals surface area contributed by atoms with Crippen molar-refractivity contribution in [3.8, 4) is 10.6 Å². The number of carbonyl (C=O) groups excluding carboxylic acids is 2. The molecule has 1 atom stereocenters. The smallest absolute Gasteiger partial charge is 0.265 e. The van der Waals surface area contributed by atoms with E-state index in [1.54, 1.807) is 23.1 Å². The fourth-order valence-electron chi connectivity index (χ4n) is 3.00. The van der Waals surface area contributed by atoms with Crippen LogP contribution in [0.4, 0.5) is 4.39 Å². The largest absolute Gasteiger partial charge is 0.355 e. The van der Waals surface area contributed by atoms with E-state index >= 15 is 0 Å². The van der Waals surface area contributed by atoms with Gasteiger partial charge in [0.15, 0.2) is 0 Å². The van der Waals surface area contributed by atoms with E-state index in [4.69, 9.17) is 5.73 Å². The first-order valence-corrected chi connectivity index (χ1v) is 9.39. The van der Waals surface area contributed by atoms with Crippen LogP contribution in [0.15, 0.2) is 30.5 Å². The zero-order valence-corrected chi connectivity index (χ0v) is 17.5. The minimum absolute atomic E-state index is 0. The molecule has 10 heteroatoms. The Labute approximate surface area is 179 Å². The van der Waals surface area contributed by atoms with Crippen molar-refractivity contribution in [2.45, 2.75) is 12.8 Å². The Kier molecular flexibility index (Phi) is 9.81. The topological polar surface area (TPSA) is 88.3 Å². The lowest BCUT2D eigenvalue weighted by Crippen LogP contribution is -2.46. The molecule has 1 saturated heterocycles. The molecule has 154 valence electrons. The van der Waals surface area contributed by atoms with Crippen LogP contribution in [-0.2, 0) is 4.79 Å². The summed E-state index contributed by atoms with van der Waals surface area (Å²) in [5.41, 5.74) is 5.79. The average molecular weight is 449 g/mol. The number of hydrogen-bond donors (Lipinski definition) is 2. The van der Waals surface area contributed by atoms with E-state index < -0.39 is 0 Å². The maximum Gasteiger partial charge on any atom is 0.265 e. The van der Waals surface area contributed by atoms with Crippen molar-refractivity contribution in [1.82, 2.24) is 15.2 Å². The number of hydrogen-bond acceptors (Lipinski definition) is 5. The molecule has 3 N–H and O–H groups in total. The van der Waals surface area contributed by atoms with Gasteiger partial charge in [0.05, 0.1) is 12.1 Å². The second-order valence-corrected chi connectivity index (χ2v) is 7.21. The number of aromatic nitrogens is 1. The minimum atomic E-state index is -0.365. The van der Waals surface area contributed by atoms with Crippen molar-refractivity contribution in [2.75, 3.05) is 26.2 Å². The number of amides is 2. The van der Waals surface area contributed by atoms with Gasteiger partial charge >= 0.3 is 0 Å². The summed E-state index contributed by atoms with van der Waals surface area (Å²) < 4.78 is 13.9. The molecule has 0 aliphatic carbocycles. The second-order valence-electron chi connectivity index (χ2n) is 6.18. The molecule has 1 aromatic heterocycles. The lowest BCUT2D eigenvalue weighted by Gasteiger charge is -2.31. The molecule has 28 heavy (non-hydrogen) atoms. The molecule has 1 aliphatic heterocycles. The highest BCUT2D eigenvalue weighted by Gasteiger charge is 2.29. The number of benzene rings is 1. The van der Waals surface area contributed by atoms with Crippen LogP contribution in [0.2, 0.25) is 0 Å². The van der Waals surface area contributed by atoms with Gasteiger partial charge in [0.1, 0.15) is 15.7 Å². The summed E-state index contributed by atoms with van der Waals surface area (Å²) in [6.07, 6.45) is 3.00. The number of piperidine rings is 1. The monoisotopic (exact) mass is 448 g/mol. The summed E-state index contributed by atoms with van der Waals surface area (Å²) in [4.78, 5) is 31.2. The summed E-state index contributed by atoms with van der Waals surface area (Å²) in [5, 5.41) is 3.25. The summed E-state index contributed by atoms with van der Waals surface area (Å²) in [5.74, 6) is -0.820. The minimum Gasteiger partial charge on any atom is -0.355 e. The van der Waals surface area contributed by atoms with Gasteiger partial charge in [-0.05, 0) is 25.0 Å². The van der Waals surface area contributed by atoms with Crippen LogP contribution in [0.25, 0.3) is 10.6 Å². The molecule has 1 aliphatic rings. The lowest BCUT2D eigenvalue weighted by atomic mass is 9.97. The Bertz CT molecular complexity index is 805. The lowest BCUT2D eigenvalue weighted by molar-refractivity contribution is -0.126. The second kappa shape index (κ2) is 11.3. The van der Waals surface area contributed by atoms with Crippen molar-refractivity contribution in [3.63, 3.8) is 0 Å². The van der Waals surface area contributed by atoms with Gasteiger partial charge in [0.2, 0.25) is 5.91 Å². The third kappa shape index (κ3) is 5.64. The van der Waals surface area contributed by atoms with Crippen LogP contribution in [0.1, 0.15) is 22.5 Å². The van der Waals surface area contributed by atoms with E-state index in [1.165, 1.54) is 23.6 Å². The predicted molar refractivity (Wildman–Crippen MR) is 113 cm³/mol. The Hall–Kier alpha value is -1.74. The average Bonchev–Trinajstić information content (AvgIpc) is 3.16. The molecule has 0 radical (unpaired) electrons. The Morgan fingerprint density at radius 1 is 1.32 bits per heavy atom. The van der Waals surface area contributed by atoms with E-state index in [0.29, 0.717) is 41.6 Å². The van der Waals surface area contributed by atoms with Gasteiger partial charge in [-0.1, -0.05) is 12.1 Å². The van der Waals surface area contributed by atoms with Crippen LogP contribution in [-0.4, -0.2) is 47.9 Å². The summed E-state index contributed by atoms with van der Waals surface area (Å²) >= 11 is 1.17. The van der Waals surface area contributed by atoms with Crippen LogP contribution in [0, 0.1) is 11.7 Å². The van der Waals surface area contributed by atoms with Gasteiger partial charge in [-0.3, -0.25) is 9.59 Å². The van der Waals surface area contributed by atoms with Crippen LogP contribution in [0.3, 0.4) is 0 Å². The quantitative estimate of drug-likeness (QED) is 0.735. The highest BCUT2D eigenvalue weighted by molar-refractivity contribution is 7.16. The zero-order valence-electron chi connectivity index (χ0n) is 15.1. The van der Waals surface area contributed by atoms with Crippen molar-refractivity contribution in [3.05, 3.63) is 41.2 Å². The fourth-order valence-corrected chi connectivity index (χ4v) is 3.91. The standard InChI is InChI=1S/C18H21FN4O2S.2ClH/c19-14-6-2-1-5-13(14)17-22-10-15(26-17)18(25)23-9-3-4-12(11-23)16(24)21-8-7-20;;/h1-2,5-6,10,12H,3-4,7-9,11,20H2,(H,21,24);2*1H. The first kappa shape index (κ1) is 24.3. The maximum absolute atomic E-state index is 13.9. The highest BCUT2D eigenvalue weighted by Crippen LogP contribution is 2.29. The van der Waals surface area contributed by atoms with Crippen LogP contribution >= 0.6 is 36.2 Å². The third-order valence-electron chi connectivity index (χ3n) is 4.34. The first-order chi connectivity index (χ1) is 12.6. The van der Waals surface area contributed by atoms with Gasteiger partial charge in [0.25, 0.3) is 5.91 Å². The summed E-state index contributed by atoms with van der Waals surface area (Å²) in [6, 6.07) is 6.35.